The van der Waals surface area contributed by atoms with Gasteiger partial charge in [-0.2, -0.15) is 0 Å². The number of rotatable bonds is 12. The van der Waals surface area contributed by atoms with Gasteiger partial charge in [-0.05, 0) is 99.3 Å². The molecule has 0 bridgehead atoms. The van der Waals surface area contributed by atoms with Crippen LogP contribution >= 0.6 is 15.9 Å². The highest BCUT2D eigenvalue weighted by molar-refractivity contribution is 9.10. The summed E-state index contributed by atoms with van der Waals surface area (Å²) in [6, 6.07) is 9.44. The number of nitrogens with zero attached hydrogens (tertiary/aromatic N) is 1. The fourth-order valence-electron chi connectivity index (χ4n) is 6.82. The number of nitrogens with one attached hydrogen (secondary N) is 3. The molecule has 6 unspecified atom stereocenters. The minimum absolute atomic E-state index is 0.0791. The Hall–Kier alpha value is -2.74. The minimum atomic E-state index is -3.88. The molecule has 0 radical (unpaired) electrons. The Morgan fingerprint density at radius 1 is 1.00 bits per heavy atom. The first-order chi connectivity index (χ1) is 22.4. The largest absolute Gasteiger partial charge is 0.444 e. The predicted molar refractivity (Wildman–Crippen MR) is 188 cm³/mol. The van der Waals surface area contributed by atoms with E-state index in [9.17, 15) is 27.9 Å². The molecule has 1 aromatic heterocycles. The van der Waals surface area contributed by atoms with E-state index in [1.807, 2.05) is 51.1 Å². The van der Waals surface area contributed by atoms with Gasteiger partial charge in [0.2, 0.25) is 11.8 Å². The average Bonchev–Trinajstić information content (AvgIpc) is 3.44. The molecule has 13 heteroatoms. The summed E-state index contributed by atoms with van der Waals surface area (Å²) in [5.74, 6) is -0.845. The summed E-state index contributed by atoms with van der Waals surface area (Å²) in [6.07, 6.45) is 5.28. The number of carbonyl (C=O) groups is 3. The van der Waals surface area contributed by atoms with Crippen molar-refractivity contribution < 1.29 is 32.3 Å². The van der Waals surface area contributed by atoms with Crippen LogP contribution in [0.25, 0.3) is 0 Å². The minimum Gasteiger partial charge on any atom is -0.444 e. The van der Waals surface area contributed by atoms with E-state index in [0.29, 0.717) is 29.5 Å². The third-order valence-electron chi connectivity index (χ3n) is 9.80. The van der Waals surface area contributed by atoms with Gasteiger partial charge in [0, 0.05) is 24.9 Å². The second kappa shape index (κ2) is 15.4. The molecule has 4 N–H and O–H groups in total. The number of aliphatic hydroxyl groups is 1. The maximum atomic E-state index is 14.1. The highest BCUT2D eigenvalue weighted by Crippen LogP contribution is 2.39. The van der Waals surface area contributed by atoms with Crippen LogP contribution in [-0.2, 0) is 25.8 Å². The van der Waals surface area contributed by atoms with Crippen LogP contribution in [0.3, 0.4) is 0 Å². The zero-order valence-electron chi connectivity index (χ0n) is 28.8. The third kappa shape index (κ3) is 9.70. The fourth-order valence-corrected chi connectivity index (χ4v) is 7.72. The molecule has 266 valence electrons. The molecule has 3 amide bonds. The summed E-state index contributed by atoms with van der Waals surface area (Å²) < 4.78 is 29.8. The van der Waals surface area contributed by atoms with Gasteiger partial charge in [-0.3, -0.25) is 19.3 Å². The van der Waals surface area contributed by atoms with Crippen molar-refractivity contribution in [1.82, 2.24) is 20.9 Å². The van der Waals surface area contributed by atoms with Gasteiger partial charge in [0.1, 0.15) is 6.04 Å². The highest BCUT2D eigenvalue weighted by atomic mass is 79.9. The van der Waals surface area contributed by atoms with Crippen molar-refractivity contribution in [2.24, 2.45) is 11.8 Å². The van der Waals surface area contributed by atoms with Crippen molar-refractivity contribution in [2.75, 3.05) is 19.3 Å². The Balaban J connectivity index is 1.62. The normalized spacial score (nSPS) is 22.5. The molecule has 2 heterocycles. The van der Waals surface area contributed by atoms with Crippen LogP contribution in [0.2, 0.25) is 0 Å². The molecule has 0 spiro atoms. The van der Waals surface area contributed by atoms with E-state index in [0.717, 1.165) is 37.5 Å². The van der Waals surface area contributed by atoms with Gasteiger partial charge >= 0.3 is 0 Å². The van der Waals surface area contributed by atoms with Gasteiger partial charge in [0.25, 0.3) is 5.91 Å². The Morgan fingerprint density at radius 3 is 2.23 bits per heavy atom. The van der Waals surface area contributed by atoms with Crippen LogP contribution in [0.4, 0.5) is 0 Å². The molecule has 1 aliphatic heterocycles. The Morgan fingerprint density at radius 2 is 1.65 bits per heavy atom. The van der Waals surface area contributed by atoms with Crippen molar-refractivity contribution in [3.05, 3.63) is 58.5 Å². The third-order valence-corrected chi connectivity index (χ3v) is 12.4. The van der Waals surface area contributed by atoms with Gasteiger partial charge in [-0.25, -0.2) is 8.42 Å². The monoisotopic (exact) mass is 750 g/mol. The molecule has 4 rings (SSSR count). The highest BCUT2D eigenvalue weighted by Gasteiger charge is 2.46. The number of hydrogen-bond acceptors (Lipinski definition) is 8. The van der Waals surface area contributed by atoms with Gasteiger partial charge in [-0.1, -0.05) is 49.6 Å². The van der Waals surface area contributed by atoms with E-state index < -0.39 is 56.2 Å². The number of aliphatic hydroxyl groups excluding tert-OH is 1. The lowest BCUT2D eigenvalue weighted by molar-refractivity contribution is -0.133. The molecule has 11 nitrogen and oxygen atoms in total. The number of likely N-dealkylation sites (tertiary alicyclic amines) is 1. The lowest BCUT2D eigenvalue weighted by Gasteiger charge is -2.47. The molecular weight excluding hydrogens is 700 g/mol. The van der Waals surface area contributed by atoms with E-state index in [1.165, 1.54) is 26.0 Å². The number of β-amino-alcohol motifs (C(OH)–C–C–N with tert-alkyl or cyclic N) is 1. The molecule has 1 saturated heterocycles. The summed E-state index contributed by atoms with van der Waals surface area (Å²) in [5, 5.41) is 20.5. The number of piperidine rings is 1. The summed E-state index contributed by atoms with van der Waals surface area (Å²) in [7, 11) is -3.88. The van der Waals surface area contributed by atoms with E-state index >= 15 is 0 Å². The van der Waals surface area contributed by atoms with Crippen LogP contribution in [0.15, 0.2) is 51.6 Å². The van der Waals surface area contributed by atoms with Crippen LogP contribution < -0.4 is 16.0 Å². The summed E-state index contributed by atoms with van der Waals surface area (Å²) in [6.45, 7) is 9.37. The molecule has 1 aromatic carbocycles. The lowest BCUT2D eigenvalue weighted by atomic mass is 9.72. The molecule has 1 saturated carbocycles. The SMILES string of the molecule is CC(C)(C)NC(=O)C1CC2CCCCC2CN1CC(O)C(Cc1ccccc1)NC(=O)C(NC(=O)c1ccc(Br)o1)C(C)(C)S(C)(=O)=O. The first-order valence-electron chi connectivity index (χ1n) is 16.7. The molecule has 2 aromatic rings. The first kappa shape index (κ1) is 38.1. The van der Waals surface area contributed by atoms with Crippen LogP contribution in [0.5, 0.6) is 0 Å². The smallest absolute Gasteiger partial charge is 0.287 e. The van der Waals surface area contributed by atoms with Crippen molar-refractivity contribution in [3.8, 4) is 0 Å². The number of fused-ring (bicyclic) bond motifs is 1. The van der Waals surface area contributed by atoms with Gasteiger partial charge in [0.05, 0.1) is 22.9 Å². The maximum absolute atomic E-state index is 14.1. The molecule has 6 atom stereocenters. The molecular formula is C35H51BrN4O7S. The second-order valence-electron chi connectivity index (χ2n) is 15.0. The Bertz CT molecular complexity index is 1540. The van der Waals surface area contributed by atoms with Crippen LogP contribution in [-0.4, -0.2) is 90.0 Å². The van der Waals surface area contributed by atoms with Crippen LogP contribution in [0.1, 0.15) is 82.8 Å². The van der Waals surface area contributed by atoms with Crippen molar-refractivity contribution in [1.29, 1.82) is 0 Å². The lowest BCUT2D eigenvalue weighted by Crippen LogP contribution is -2.64. The first-order valence-corrected chi connectivity index (χ1v) is 19.4. The summed E-state index contributed by atoms with van der Waals surface area (Å²) in [4.78, 5) is 42.9. The zero-order chi connectivity index (χ0) is 35.4. The fraction of sp³-hybridized carbons (Fsp3) is 0.629. The van der Waals surface area contributed by atoms with E-state index in [1.54, 1.807) is 0 Å². The van der Waals surface area contributed by atoms with Crippen molar-refractivity contribution in [3.63, 3.8) is 0 Å². The molecule has 48 heavy (non-hydrogen) atoms. The second-order valence-corrected chi connectivity index (χ2v) is 18.4. The number of amides is 3. The quantitative estimate of drug-likeness (QED) is 0.255. The number of benzene rings is 1. The average molecular weight is 752 g/mol. The molecule has 2 fully saturated rings. The predicted octanol–water partition coefficient (Wildman–Crippen LogP) is 3.85. The Kier molecular flexibility index (Phi) is 12.2. The van der Waals surface area contributed by atoms with E-state index in [-0.39, 0.29) is 24.6 Å². The maximum Gasteiger partial charge on any atom is 0.287 e. The van der Waals surface area contributed by atoms with Crippen molar-refractivity contribution >= 4 is 43.5 Å². The number of hydrogen-bond donors (Lipinski definition) is 4. The number of sulfone groups is 1. The van der Waals surface area contributed by atoms with Crippen LogP contribution in [0, 0.1) is 11.8 Å². The standard InChI is InChI=1S/C35H51BrN4O7S/c1-34(2,3)39-31(42)26-19-23-14-10-11-15-24(23)20-40(26)21-27(41)25(18-22-12-8-7-9-13-22)37-33(44)30(35(4,5)48(6,45)46)38-32(43)28-16-17-29(36)47-28/h7-9,12-13,16-17,23-27,30,41H,10-11,14-15,18-21H2,1-6H3,(H,37,44)(H,38,43)(H,39,42). The number of halogens is 1. The van der Waals surface area contributed by atoms with E-state index in [2.05, 4.69) is 36.8 Å². The van der Waals surface area contributed by atoms with Gasteiger partial charge in [-0.15, -0.1) is 0 Å². The summed E-state index contributed by atoms with van der Waals surface area (Å²) >= 11 is 3.16. The zero-order valence-corrected chi connectivity index (χ0v) is 31.2. The van der Waals surface area contributed by atoms with Gasteiger partial charge in [0.15, 0.2) is 20.3 Å². The van der Waals surface area contributed by atoms with Crippen molar-refractivity contribution in [2.45, 2.75) is 108 Å². The molecule has 1 aliphatic carbocycles. The topological polar surface area (TPSA) is 158 Å². The van der Waals surface area contributed by atoms with Gasteiger partial charge < -0.3 is 25.5 Å². The van der Waals surface area contributed by atoms with E-state index in [4.69, 9.17) is 4.42 Å². The Labute approximate surface area is 293 Å². The number of furan rings is 1. The number of carbonyl (C=O) groups excluding carboxylic acids is 3. The summed E-state index contributed by atoms with van der Waals surface area (Å²) in [5.41, 5.74) is 0.421. The molecule has 2 aliphatic rings.